The maximum atomic E-state index is 6.45. The van der Waals surface area contributed by atoms with Crippen LogP contribution in [0.1, 0.15) is 68.2 Å². The highest BCUT2D eigenvalue weighted by atomic mass is 16.3. The van der Waals surface area contributed by atoms with Gasteiger partial charge in [-0.15, -0.1) is 0 Å². The zero-order chi connectivity index (χ0) is 38.6. The van der Waals surface area contributed by atoms with Gasteiger partial charge in [-0.05, 0) is 116 Å². The van der Waals surface area contributed by atoms with Gasteiger partial charge >= 0.3 is 0 Å². The van der Waals surface area contributed by atoms with Crippen molar-refractivity contribution in [3.05, 3.63) is 180 Å². The van der Waals surface area contributed by atoms with Crippen LogP contribution in [0.15, 0.2) is 162 Å². The summed E-state index contributed by atoms with van der Waals surface area (Å²) in [7, 11) is 0. The number of rotatable bonds is 4. The van der Waals surface area contributed by atoms with Crippen molar-refractivity contribution in [3.63, 3.8) is 0 Å². The largest absolute Gasteiger partial charge is 0.452 e. The second-order valence-corrected chi connectivity index (χ2v) is 17.2. The minimum atomic E-state index is -0.0656. The Labute approximate surface area is 339 Å². The SMILES string of the molecule is CC1(C)c2ccc(-c3ccc(-c4cccc(-c5nc(-c6ccccc6)nc6c5oc5ccccc56)c4)cc3)cc2-c2cc3c(cc21)-c1ccccc1C31CCCCC1. The van der Waals surface area contributed by atoms with Crippen LogP contribution in [0, 0.1) is 0 Å². The molecule has 0 unspecified atom stereocenters. The Kier molecular flexibility index (Phi) is 7.21. The number of furan rings is 1. The summed E-state index contributed by atoms with van der Waals surface area (Å²) < 4.78 is 6.45. The van der Waals surface area contributed by atoms with Gasteiger partial charge < -0.3 is 4.42 Å². The third-order valence-electron chi connectivity index (χ3n) is 13.7. The number of nitrogens with zero attached hydrogens (tertiary/aromatic N) is 2. The van der Waals surface area contributed by atoms with Gasteiger partial charge in [-0.2, -0.15) is 0 Å². The van der Waals surface area contributed by atoms with Crippen LogP contribution in [-0.4, -0.2) is 9.97 Å². The molecule has 278 valence electrons. The third-order valence-corrected chi connectivity index (χ3v) is 13.7. The molecule has 1 fully saturated rings. The molecule has 0 bridgehead atoms. The molecule has 0 aliphatic heterocycles. The van der Waals surface area contributed by atoms with Gasteiger partial charge in [0.1, 0.15) is 16.8 Å². The van der Waals surface area contributed by atoms with Crippen LogP contribution >= 0.6 is 0 Å². The van der Waals surface area contributed by atoms with Crippen molar-refractivity contribution in [1.29, 1.82) is 0 Å². The first kappa shape index (κ1) is 33.5. The fourth-order valence-corrected chi connectivity index (χ4v) is 10.8. The first-order chi connectivity index (χ1) is 28.5. The van der Waals surface area contributed by atoms with Crippen molar-refractivity contribution in [2.24, 2.45) is 0 Å². The molecular formula is C55H42N2O. The topological polar surface area (TPSA) is 38.9 Å². The van der Waals surface area contributed by atoms with E-state index in [4.69, 9.17) is 14.4 Å². The van der Waals surface area contributed by atoms with Crippen molar-refractivity contribution in [3.8, 4) is 67.2 Å². The molecule has 3 aliphatic rings. The van der Waals surface area contributed by atoms with Crippen LogP contribution in [-0.2, 0) is 10.8 Å². The molecular weight excluding hydrogens is 705 g/mol. The van der Waals surface area contributed by atoms with Gasteiger partial charge in [-0.3, -0.25) is 0 Å². The highest BCUT2D eigenvalue weighted by Gasteiger charge is 2.46. The quantitative estimate of drug-likeness (QED) is 0.180. The zero-order valence-corrected chi connectivity index (χ0v) is 32.8. The van der Waals surface area contributed by atoms with E-state index in [0.717, 1.165) is 44.4 Å². The van der Waals surface area contributed by atoms with E-state index >= 15 is 0 Å². The molecule has 0 radical (unpaired) electrons. The molecule has 0 N–H and O–H groups in total. The van der Waals surface area contributed by atoms with Crippen LogP contribution in [0.5, 0.6) is 0 Å². The summed E-state index contributed by atoms with van der Waals surface area (Å²) in [5, 5.41) is 0.992. The van der Waals surface area contributed by atoms with E-state index < -0.39 is 0 Å². The van der Waals surface area contributed by atoms with Crippen molar-refractivity contribution < 1.29 is 4.42 Å². The molecule has 12 rings (SSSR count). The molecule has 1 saturated carbocycles. The van der Waals surface area contributed by atoms with Crippen LogP contribution < -0.4 is 0 Å². The highest BCUT2D eigenvalue weighted by Crippen LogP contribution is 2.60. The van der Waals surface area contributed by atoms with Gasteiger partial charge in [0.2, 0.25) is 0 Å². The minimum absolute atomic E-state index is 0.0656. The lowest BCUT2D eigenvalue weighted by atomic mass is 9.67. The fraction of sp³-hybridized carbons (Fsp3) is 0.164. The lowest BCUT2D eigenvalue weighted by Gasteiger charge is -2.36. The molecule has 2 aromatic heterocycles. The molecule has 3 nitrogen and oxygen atoms in total. The Morgan fingerprint density at radius 3 is 1.91 bits per heavy atom. The maximum Gasteiger partial charge on any atom is 0.180 e. The summed E-state index contributed by atoms with van der Waals surface area (Å²) in [6, 6.07) is 57.6. The van der Waals surface area contributed by atoms with Crippen molar-refractivity contribution >= 4 is 22.1 Å². The van der Waals surface area contributed by atoms with Gasteiger partial charge in [0.05, 0.1) is 0 Å². The Morgan fingerprint density at radius 1 is 0.448 bits per heavy atom. The summed E-state index contributed by atoms with van der Waals surface area (Å²) in [4.78, 5) is 10.1. The fourth-order valence-electron chi connectivity index (χ4n) is 10.8. The summed E-state index contributed by atoms with van der Waals surface area (Å²) in [5.74, 6) is 0.688. The van der Waals surface area contributed by atoms with Crippen LogP contribution in [0.25, 0.3) is 89.2 Å². The zero-order valence-electron chi connectivity index (χ0n) is 32.8. The maximum absolute atomic E-state index is 6.45. The number of aromatic nitrogens is 2. The second kappa shape index (κ2) is 12.5. The van der Waals surface area contributed by atoms with Crippen molar-refractivity contribution in [1.82, 2.24) is 9.97 Å². The van der Waals surface area contributed by atoms with Gasteiger partial charge in [-0.25, -0.2) is 9.97 Å². The second-order valence-electron chi connectivity index (χ2n) is 17.2. The number of benzene rings is 7. The lowest BCUT2D eigenvalue weighted by molar-refractivity contribution is 0.353. The highest BCUT2D eigenvalue weighted by molar-refractivity contribution is 6.07. The number of hydrogen-bond donors (Lipinski definition) is 0. The molecule has 0 saturated heterocycles. The van der Waals surface area contributed by atoms with E-state index in [1.807, 2.05) is 36.4 Å². The van der Waals surface area contributed by atoms with Crippen LogP contribution in [0.2, 0.25) is 0 Å². The Hall–Kier alpha value is -6.58. The van der Waals surface area contributed by atoms with E-state index in [-0.39, 0.29) is 10.8 Å². The van der Waals surface area contributed by atoms with Crippen LogP contribution in [0.4, 0.5) is 0 Å². The first-order valence-corrected chi connectivity index (χ1v) is 20.9. The van der Waals surface area contributed by atoms with E-state index in [1.54, 1.807) is 11.1 Å². The van der Waals surface area contributed by atoms with E-state index in [0.29, 0.717) is 11.4 Å². The van der Waals surface area contributed by atoms with Crippen LogP contribution in [0.3, 0.4) is 0 Å². The monoisotopic (exact) mass is 746 g/mol. The minimum Gasteiger partial charge on any atom is -0.452 e. The number of hydrogen-bond acceptors (Lipinski definition) is 3. The number of fused-ring (bicyclic) bond motifs is 11. The summed E-state index contributed by atoms with van der Waals surface area (Å²) >= 11 is 0. The van der Waals surface area contributed by atoms with Gasteiger partial charge in [-0.1, -0.05) is 154 Å². The Bertz CT molecular complexity index is 3110. The van der Waals surface area contributed by atoms with E-state index in [1.165, 1.54) is 76.6 Å². The molecule has 1 spiro atoms. The average Bonchev–Trinajstić information content (AvgIpc) is 3.86. The predicted molar refractivity (Wildman–Crippen MR) is 238 cm³/mol. The molecule has 0 atom stereocenters. The van der Waals surface area contributed by atoms with E-state index in [2.05, 4.69) is 135 Å². The molecule has 3 aliphatic carbocycles. The molecule has 0 amide bonds. The Morgan fingerprint density at radius 2 is 1.09 bits per heavy atom. The number of para-hydroxylation sites is 1. The smallest absolute Gasteiger partial charge is 0.180 e. The lowest BCUT2D eigenvalue weighted by Crippen LogP contribution is -2.28. The third kappa shape index (κ3) is 4.86. The Balaban J connectivity index is 0.916. The molecule has 9 aromatic rings. The predicted octanol–water partition coefficient (Wildman–Crippen LogP) is 14.6. The molecule has 3 heteroatoms. The summed E-state index contributed by atoms with van der Waals surface area (Å²) in [6.45, 7) is 4.82. The molecule has 2 heterocycles. The van der Waals surface area contributed by atoms with Crippen molar-refractivity contribution in [2.75, 3.05) is 0 Å². The summed E-state index contributed by atoms with van der Waals surface area (Å²) in [6.07, 6.45) is 6.45. The average molecular weight is 747 g/mol. The van der Waals surface area contributed by atoms with E-state index in [9.17, 15) is 0 Å². The summed E-state index contributed by atoms with van der Waals surface area (Å²) in [5.41, 5.74) is 21.7. The van der Waals surface area contributed by atoms with Gasteiger partial charge in [0.15, 0.2) is 11.4 Å². The van der Waals surface area contributed by atoms with Crippen molar-refractivity contribution in [2.45, 2.75) is 56.8 Å². The van der Waals surface area contributed by atoms with Gasteiger partial charge in [0.25, 0.3) is 0 Å². The molecule has 58 heavy (non-hydrogen) atoms. The first-order valence-electron chi connectivity index (χ1n) is 20.9. The van der Waals surface area contributed by atoms with Gasteiger partial charge in [0, 0.05) is 27.3 Å². The molecule has 7 aromatic carbocycles. The normalized spacial score (nSPS) is 15.7. The standard InChI is InChI=1S/C55H42N2O/c1-54(2)45-27-26-38(31-42(45)44-33-48-43(32-47(44)54)40-18-7-9-20-46(40)55(48)28-11-4-12-29-55)35-24-22-34(23-25-35)37-16-13-17-39(30-37)50-52-51(41-19-8-10-21-49(41)58-52)57-53(56-50)36-14-5-3-6-15-36/h3,5-10,13-27,30-33H,4,11-12,28-29H2,1-2H3.